The van der Waals surface area contributed by atoms with Gasteiger partial charge in [-0.2, -0.15) is 9.99 Å². The van der Waals surface area contributed by atoms with Crippen molar-refractivity contribution in [1.29, 1.82) is 10.7 Å². The van der Waals surface area contributed by atoms with Crippen LogP contribution in [0, 0.1) is 16.7 Å². The molecule has 0 aromatic carbocycles. The number of rotatable bonds is 0. The van der Waals surface area contributed by atoms with Gasteiger partial charge in [-0.05, 0) is 19.3 Å². The van der Waals surface area contributed by atoms with Crippen LogP contribution >= 0.6 is 0 Å². The monoisotopic (exact) mass is 219 g/mol. The van der Waals surface area contributed by atoms with Gasteiger partial charge in [-0.25, -0.2) is 4.98 Å². The molecule has 1 aliphatic rings. The van der Waals surface area contributed by atoms with Crippen LogP contribution in [0.15, 0.2) is 5.16 Å². The maximum atomic E-state index is 9.67. The first-order valence-electron chi connectivity index (χ1n) is 4.70. The maximum Gasteiger partial charge on any atom is 0.197 e. The van der Waals surface area contributed by atoms with E-state index in [9.17, 15) is 5.21 Å². The zero-order valence-electron chi connectivity index (χ0n) is 8.30. The molecular weight excluding hydrogens is 210 g/mol. The summed E-state index contributed by atoms with van der Waals surface area (Å²) in [5, 5.41) is 37.8. The third-order valence-electron chi connectivity index (χ3n) is 2.52. The van der Waals surface area contributed by atoms with Gasteiger partial charge in [0, 0.05) is 0 Å². The summed E-state index contributed by atoms with van der Waals surface area (Å²) in [6.45, 7) is 0. The minimum absolute atomic E-state index is 0.190. The van der Waals surface area contributed by atoms with Gasteiger partial charge in [-0.1, -0.05) is 5.16 Å². The first-order chi connectivity index (χ1) is 7.69. The van der Waals surface area contributed by atoms with Crippen molar-refractivity contribution in [2.45, 2.75) is 19.3 Å². The number of hydrogen-bond donors (Lipinski definition) is 3. The maximum absolute atomic E-state index is 9.67. The molecule has 7 nitrogen and oxygen atoms in total. The molecule has 0 bridgehead atoms. The summed E-state index contributed by atoms with van der Waals surface area (Å²) in [6, 6.07) is 1.71. The molecule has 0 fully saturated rings. The summed E-state index contributed by atoms with van der Waals surface area (Å²) in [5.41, 5.74) is 0.497. The van der Waals surface area contributed by atoms with Gasteiger partial charge in [0.15, 0.2) is 11.2 Å². The van der Waals surface area contributed by atoms with Gasteiger partial charge in [0.1, 0.15) is 17.5 Å². The van der Waals surface area contributed by atoms with E-state index in [2.05, 4.69) is 10.1 Å². The number of oxime groups is 1. The van der Waals surface area contributed by atoms with Crippen LogP contribution in [0.2, 0.25) is 0 Å². The van der Waals surface area contributed by atoms with Crippen LogP contribution in [0.4, 0.5) is 0 Å². The first kappa shape index (κ1) is 10.2. The Morgan fingerprint density at radius 3 is 2.88 bits per heavy atom. The molecule has 0 unspecified atom stereocenters. The van der Waals surface area contributed by atoms with Crippen LogP contribution in [0.25, 0.3) is 0 Å². The fraction of sp³-hybridized carbons (Fsp3) is 0.333. The van der Waals surface area contributed by atoms with E-state index in [1.807, 2.05) is 0 Å². The molecule has 0 amide bonds. The second-order valence-corrected chi connectivity index (χ2v) is 3.43. The smallest absolute Gasteiger partial charge is 0.197 e. The fourth-order valence-corrected chi connectivity index (χ4v) is 1.74. The highest BCUT2D eigenvalue weighted by atomic mass is 16.5. The van der Waals surface area contributed by atoms with Crippen LogP contribution in [0.3, 0.4) is 0 Å². The summed E-state index contributed by atoms with van der Waals surface area (Å²) in [6.07, 6.45) is 1.79. The third kappa shape index (κ3) is 1.32. The number of hydrogen-bond acceptors (Lipinski definition) is 6. The Hall–Kier alpha value is -2.36. The number of nitrogens with zero attached hydrogens (tertiary/aromatic N) is 4. The topological polar surface area (TPSA) is 118 Å². The summed E-state index contributed by atoms with van der Waals surface area (Å²) in [4.78, 5) is 3.92. The van der Waals surface area contributed by atoms with Crippen molar-refractivity contribution in [3.05, 3.63) is 22.6 Å². The number of aromatic nitrogens is 2. The highest BCUT2D eigenvalue weighted by Crippen LogP contribution is 2.18. The first-order valence-corrected chi connectivity index (χ1v) is 4.70. The molecule has 0 spiro atoms. The van der Waals surface area contributed by atoms with E-state index in [0.29, 0.717) is 41.1 Å². The van der Waals surface area contributed by atoms with E-state index in [1.54, 1.807) is 6.07 Å². The minimum atomic E-state index is -0.347. The normalized spacial score (nSPS) is 16.8. The van der Waals surface area contributed by atoms with Gasteiger partial charge in [0.2, 0.25) is 0 Å². The molecule has 0 saturated heterocycles. The lowest BCUT2D eigenvalue weighted by molar-refractivity contribution is 0.157. The second-order valence-electron chi connectivity index (χ2n) is 3.43. The molecule has 16 heavy (non-hydrogen) atoms. The molecule has 0 atom stereocenters. The van der Waals surface area contributed by atoms with Gasteiger partial charge in [-0.3, -0.25) is 5.41 Å². The lowest BCUT2D eigenvalue weighted by Gasteiger charge is -2.17. The average molecular weight is 219 g/mol. The number of nitriles is 1. The molecule has 7 heteroatoms. The molecule has 1 heterocycles. The van der Waals surface area contributed by atoms with Crippen LogP contribution in [-0.2, 0) is 6.42 Å². The van der Waals surface area contributed by atoms with Gasteiger partial charge in [-0.15, -0.1) is 0 Å². The minimum Gasteiger partial charge on any atom is -0.427 e. The summed E-state index contributed by atoms with van der Waals surface area (Å²) < 4.78 is 0.630. The molecule has 1 aromatic rings. The molecular formula is C9H9N5O2. The molecule has 0 aliphatic heterocycles. The SMILES string of the molecule is N#Cc1nc2c(n(O)c1=N)CCC/C2=N/O. The number of fused-ring (bicyclic) bond motifs is 1. The van der Waals surface area contributed by atoms with Crippen molar-refractivity contribution >= 4 is 5.71 Å². The van der Waals surface area contributed by atoms with Crippen molar-refractivity contribution in [2.75, 3.05) is 0 Å². The summed E-state index contributed by atoms with van der Waals surface area (Å²) in [7, 11) is 0. The summed E-state index contributed by atoms with van der Waals surface area (Å²) >= 11 is 0. The molecule has 3 N–H and O–H groups in total. The molecule has 1 aromatic heterocycles. The van der Waals surface area contributed by atoms with Crippen LogP contribution in [0.5, 0.6) is 0 Å². The van der Waals surface area contributed by atoms with Crippen molar-refractivity contribution in [1.82, 2.24) is 9.71 Å². The van der Waals surface area contributed by atoms with Gasteiger partial charge in [0.05, 0.1) is 5.69 Å². The lowest BCUT2D eigenvalue weighted by Crippen LogP contribution is -2.31. The van der Waals surface area contributed by atoms with E-state index in [-0.39, 0.29) is 11.2 Å². The second kappa shape index (κ2) is 3.66. The van der Waals surface area contributed by atoms with Crippen molar-refractivity contribution in [2.24, 2.45) is 5.16 Å². The van der Waals surface area contributed by atoms with Gasteiger partial charge < -0.3 is 10.4 Å². The Balaban J connectivity index is 2.78. The largest absolute Gasteiger partial charge is 0.427 e. The number of nitrogens with one attached hydrogen (secondary N) is 1. The highest BCUT2D eigenvalue weighted by Gasteiger charge is 2.22. The standard InChI is InChI=1S/C9H9N5O2/c10-4-6-9(11)14(16)7-3-1-2-5(13-15)8(7)12-6/h11,15-16H,1-3H2/b11-9?,13-5-. The molecule has 1 aliphatic carbocycles. The zero-order chi connectivity index (χ0) is 11.7. The Morgan fingerprint density at radius 1 is 1.50 bits per heavy atom. The van der Waals surface area contributed by atoms with Crippen LogP contribution in [0.1, 0.15) is 29.9 Å². The molecule has 2 rings (SSSR count). The van der Waals surface area contributed by atoms with Crippen molar-refractivity contribution in [3.63, 3.8) is 0 Å². The van der Waals surface area contributed by atoms with Gasteiger partial charge in [0.25, 0.3) is 0 Å². The predicted octanol–water partition coefficient (Wildman–Crippen LogP) is -0.0139. The Kier molecular flexibility index (Phi) is 2.32. The zero-order valence-corrected chi connectivity index (χ0v) is 8.30. The van der Waals surface area contributed by atoms with E-state index in [1.165, 1.54) is 0 Å². The molecule has 0 radical (unpaired) electrons. The van der Waals surface area contributed by atoms with E-state index >= 15 is 0 Å². The Morgan fingerprint density at radius 2 is 2.25 bits per heavy atom. The molecule has 0 saturated carbocycles. The van der Waals surface area contributed by atoms with Crippen LogP contribution < -0.4 is 5.49 Å². The Labute approximate surface area is 90.4 Å². The van der Waals surface area contributed by atoms with Crippen molar-refractivity contribution < 1.29 is 10.4 Å². The van der Waals surface area contributed by atoms with Gasteiger partial charge >= 0.3 is 0 Å². The highest BCUT2D eigenvalue weighted by molar-refractivity contribution is 6.00. The average Bonchev–Trinajstić information content (AvgIpc) is 2.33. The molecule has 82 valence electrons. The van der Waals surface area contributed by atoms with E-state index in [0.717, 1.165) is 0 Å². The fourth-order valence-electron chi connectivity index (χ4n) is 1.74. The lowest BCUT2D eigenvalue weighted by atomic mass is 9.98. The van der Waals surface area contributed by atoms with E-state index < -0.39 is 0 Å². The Bertz CT molecular complexity index is 566. The quantitative estimate of drug-likeness (QED) is 0.323. The third-order valence-corrected chi connectivity index (χ3v) is 2.52. The van der Waals surface area contributed by atoms with Crippen LogP contribution in [-0.4, -0.2) is 25.8 Å². The van der Waals surface area contributed by atoms with E-state index in [4.69, 9.17) is 15.9 Å². The predicted molar refractivity (Wildman–Crippen MR) is 51.2 cm³/mol. The van der Waals surface area contributed by atoms with Crippen molar-refractivity contribution in [3.8, 4) is 6.07 Å². The summed E-state index contributed by atoms with van der Waals surface area (Å²) in [5.74, 6) is 0.